The van der Waals surface area contributed by atoms with Gasteiger partial charge in [-0.25, -0.2) is 0 Å². The van der Waals surface area contributed by atoms with E-state index in [0.29, 0.717) is 124 Å². The molecule has 2 spiro atoms. The van der Waals surface area contributed by atoms with Gasteiger partial charge < -0.3 is 0 Å². The Morgan fingerprint density at radius 2 is 0.662 bits per heavy atom. The summed E-state index contributed by atoms with van der Waals surface area (Å²) in [6.07, 6.45) is 0. The lowest BCUT2D eigenvalue weighted by Crippen LogP contribution is -2.62. The van der Waals surface area contributed by atoms with Gasteiger partial charge in [0.15, 0.2) is 0 Å². The summed E-state index contributed by atoms with van der Waals surface area (Å²) in [4.78, 5) is 1.80. The zero-order chi connectivity index (χ0) is 45.0. The maximum atomic E-state index is 3.02. The van der Waals surface area contributed by atoms with Crippen molar-refractivity contribution in [2.75, 3.05) is 0 Å². The van der Waals surface area contributed by atoms with Crippen LogP contribution >= 0.6 is 11.8 Å². The van der Waals surface area contributed by atoms with Crippen molar-refractivity contribution in [3.8, 4) is 11.1 Å². The molecule has 0 N–H and O–H groups in total. The van der Waals surface area contributed by atoms with Gasteiger partial charge in [0.1, 0.15) is 0 Å². The number of benzene rings is 10. The van der Waals surface area contributed by atoms with Crippen LogP contribution in [0.5, 0.6) is 0 Å². The van der Waals surface area contributed by atoms with E-state index in [1.54, 1.807) is 16.0 Å². The van der Waals surface area contributed by atoms with Gasteiger partial charge in [-0.15, -0.1) is 11.8 Å². The van der Waals surface area contributed by atoms with E-state index in [1.165, 1.54) is 0 Å². The van der Waals surface area contributed by atoms with Crippen molar-refractivity contribution >= 4 is 97.9 Å². The molecule has 0 amide bonds. The average molecular weight is 947 g/mol. The summed E-state index contributed by atoms with van der Waals surface area (Å²) in [5.74, 6) is 13.7. The predicted molar refractivity (Wildman–Crippen MR) is 289 cm³/mol. The zero-order valence-electron chi connectivity index (χ0n) is 41.2. The van der Waals surface area contributed by atoms with Gasteiger partial charge in [-0.1, -0.05) is 46.8 Å². The van der Waals surface area contributed by atoms with E-state index in [2.05, 4.69) is 69.6 Å². The third kappa shape index (κ3) is 1.75. The van der Waals surface area contributed by atoms with Crippen LogP contribution in [-0.2, 0) is 15.6 Å². The number of hydrogen-bond donors (Lipinski definition) is 0. The highest BCUT2D eigenvalue weighted by molar-refractivity contribution is 8.00. The topological polar surface area (TPSA) is 0 Å². The third-order valence-corrected chi connectivity index (χ3v) is 33.6. The molecule has 22 aliphatic carbocycles. The molecule has 23 aliphatic rings. The van der Waals surface area contributed by atoms with Crippen LogP contribution in [0, 0.1) is 11.8 Å². The minimum atomic E-state index is -0.00849. The fraction of sp³-hybridized carbons (Fsp3) is 0.397. The molecule has 22 unspecified atom stereocenters. The molecule has 0 bridgehead atoms. The van der Waals surface area contributed by atoms with E-state index < -0.39 is 0 Å². The normalized spacial score (nSPS) is 46.4. The summed E-state index contributed by atoms with van der Waals surface area (Å²) >= 11 is 2.63. The Labute approximate surface area is 426 Å². The Balaban J connectivity index is 0.994. The van der Waals surface area contributed by atoms with Crippen molar-refractivity contribution in [2.24, 2.45) is 11.8 Å². The fourth-order valence-electron chi connectivity index (χ4n) is 32.8. The molecule has 34 rings (SSSR count). The maximum Gasteiger partial charge on any atom is 0.0645 e. The molecule has 1 heteroatoms. The summed E-state index contributed by atoms with van der Waals surface area (Å²) in [6, 6.07) is 5.82. The molecule has 11 aromatic rings. The minimum absolute atomic E-state index is 0.00849. The second kappa shape index (κ2) is 7.17. The molecular formula is C73H38S. The maximum absolute atomic E-state index is 3.02. The monoisotopic (exact) mass is 946 g/mol. The van der Waals surface area contributed by atoms with Crippen LogP contribution < -0.4 is 0 Å². The van der Waals surface area contributed by atoms with Gasteiger partial charge in [0.25, 0.3) is 0 Å². The highest BCUT2D eigenvalue weighted by Crippen LogP contribution is 3.01. The Kier molecular flexibility index (Phi) is 3.00. The van der Waals surface area contributed by atoms with Crippen LogP contribution in [0.3, 0.4) is 0 Å². The van der Waals surface area contributed by atoms with Crippen molar-refractivity contribution in [3.05, 3.63) is 140 Å². The number of hydrogen-bond acceptors (Lipinski definition) is 1. The first kappa shape index (κ1) is 31.0. The minimum Gasteiger partial charge on any atom is -0.112 e. The largest absolute Gasteiger partial charge is 0.112 e. The first-order chi connectivity index (χ1) is 36.4. The quantitative estimate of drug-likeness (QED) is 0.148. The molecule has 1 heterocycles. The molecule has 74 heavy (non-hydrogen) atoms. The van der Waals surface area contributed by atoms with Crippen molar-refractivity contribution in [1.29, 1.82) is 0 Å². The highest BCUT2D eigenvalue weighted by atomic mass is 32.2. The lowest BCUT2D eigenvalue weighted by Gasteiger charge is -2.65. The number of thioether (sulfide) groups is 1. The Hall–Kier alpha value is -5.37. The Morgan fingerprint density at radius 1 is 0.351 bits per heavy atom. The molecule has 1 aliphatic heterocycles. The average Bonchev–Trinajstić information content (AvgIpc) is 2.02. The van der Waals surface area contributed by atoms with Crippen LogP contribution in [-0.4, -0.2) is 0 Å². The second-order valence-electron chi connectivity index (χ2n) is 32.5. The van der Waals surface area contributed by atoms with E-state index in [4.69, 9.17) is 0 Å². The van der Waals surface area contributed by atoms with E-state index in [-0.39, 0.29) is 15.6 Å². The SMILES string of the molecule is CC(C)c1cc(C(C)(C)C)cc2c1SC13c4c5c6c7c8c9c%10c%11c%12c%13c%14c%15c(c%16c%13c%10c7c4-%16)C21C1C%15C2c4c7c%10c%13c%15c%16c%17c%18c%19c%20c%21c%22c%23c(c4c4c%22c%19c%16c%104)C2C%14C%12C%23C%21C%11C9C%20C%18C8C6C%17C%15C5C3C%13C71. The summed E-state index contributed by atoms with van der Waals surface area (Å²) in [7, 11) is 0. The van der Waals surface area contributed by atoms with Gasteiger partial charge in [-0.2, -0.15) is 0 Å². The van der Waals surface area contributed by atoms with Gasteiger partial charge in [0, 0.05) is 10.3 Å². The standard InChI is InChI=1S/C73H38S/c1-8(2)10-6-9(71(3,4)5)7-11-70(10)74-73-68-62-56-46-34-26-18-14-12-13-16-20(18)28(34)38-32-24(16)25-17(13)21-19-15(12)23-22(14)30-36(26)44-50-40(30)41-31(23)37-27(19)35-29(21)39-33(25)43-42(32)54(48(38)56)64(68)65-55(43)49(39)57-47(35)53-45(37)51(41)59-58(50)66(60(62)52(44)46)72(11,73)67(59)61(53)63(57)69(65)73/h6-8,14,16,18,20,22,24,30,32,40-43,51,55,59,61,63,65,67,69H,1-5H3. The number of fused-ring (bicyclic) bond motifs is 1. The van der Waals surface area contributed by atoms with Gasteiger partial charge in [-0.3, -0.25) is 0 Å². The van der Waals surface area contributed by atoms with Crippen LogP contribution in [0.4, 0.5) is 0 Å². The molecule has 1 saturated carbocycles. The van der Waals surface area contributed by atoms with Crippen molar-refractivity contribution in [1.82, 2.24) is 0 Å². The van der Waals surface area contributed by atoms with Gasteiger partial charge in [0.05, 0.1) is 4.75 Å². The van der Waals surface area contributed by atoms with E-state index in [1.807, 2.05) is 203 Å². The summed E-state index contributed by atoms with van der Waals surface area (Å²) < 4.78 is 0.0308. The molecule has 0 saturated heterocycles. The van der Waals surface area contributed by atoms with E-state index in [9.17, 15) is 0 Å². The summed E-state index contributed by atoms with van der Waals surface area (Å²) in [6.45, 7) is 12.9. The van der Waals surface area contributed by atoms with Gasteiger partial charge in [-0.05, 0) is 355 Å². The second-order valence-corrected chi connectivity index (χ2v) is 33.7. The third-order valence-electron chi connectivity index (χ3n) is 31.8. The van der Waals surface area contributed by atoms with Crippen LogP contribution in [0.25, 0.3) is 97.3 Å². The van der Waals surface area contributed by atoms with Crippen molar-refractivity contribution in [2.45, 2.75) is 168 Å². The molecule has 0 radical (unpaired) electrons. The molecule has 0 aromatic heterocycles. The van der Waals surface area contributed by atoms with Gasteiger partial charge in [0.2, 0.25) is 0 Å². The summed E-state index contributed by atoms with van der Waals surface area (Å²) in [5, 5.41) is 30.8. The lowest BCUT2D eigenvalue weighted by molar-refractivity contribution is 0.0341. The molecule has 22 atom stereocenters. The molecule has 11 aromatic carbocycles. The molecule has 1 fully saturated rings. The Morgan fingerprint density at radius 3 is 1.08 bits per heavy atom. The van der Waals surface area contributed by atoms with E-state index >= 15 is 0 Å². The van der Waals surface area contributed by atoms with Crippen LogP contribution in [0.2, 0.25) is 0 Å². The fourth-order valence-corrected chi connectivity index (χ4v) is 35.1. The first-order valence-electron chi connectivity index (χ1n) is 30.4. The lowest BCUT2D eigenvalue weighted by atomic mass is 9.39. The first-order valence-corrected chi connectivity index (χ1v) is 31.3. The van der Waals surface area contributed by atoms with Crippen LogP contribution in [0.15, 0.2) is 17.0 Å². The van der Waals surface area contributed by atoms with Crippen LogP contribution in [0.1, 0.15) is 275 Å². The van der Waals surface area contributed by atoms with Gasteiger partial charge >= 0.3 is 0 Å². The van der Waals surface area contributed by atoms with Crippen molar-refractivity contribution < 1.29 is 0 Å². The predicted octanol–water partition coefficient (Wildman–Crippen LogP) is 16.9. The molecule has 336 valence electrons. The van der Waals surface area contributed by atoms with E-state index in [0.717, 1.165) is 0 Å². The molecule has 0 nitrogen and oxygen atoms in total. The summed E-state index contributed by atoms with van der Waals surface area (Å²) in [5.41, 5.74) is 50.0. The van der Waals surface area contributed by atoms with Crippen molar-refractivity contribution in [3.63, 3.8) is 0 Å². The highest BCUT2D eigenvalue weighted by Gasteiger charge is 2.90. The Bertz CT molecular complexity index is 5650. The smallest absolute Gasteiger partial charge is 0.0645 e. The molecular weight excluding hydrogens is 909 g/mol. The zero-order valence-corrected chi connectivity index (χ0v) is 42.0. The number of rotatable bonds is 1.